The first kappa shape index (κ1) is 12.2. The highest BCUT2D eigenvalue weighted by atomic mass is 16.1. The van der Waals surface area contributed by atoms with Crippen LogP contribution in [0.3, 0.4) is 0 Å². The number of hydrogen-bond acceptors (Lipinski definition) is 1. The molecular weight excluding hydrogens is 162 g/mol. The molecule has 0 heterocycles. The number of rotatable bonds is 7. The van der Waals surface area contributed by atoms with E-state index in [1.165, 1.54) is 0 Å². The van der Waals surface area contributed by atoms with Crippen LogP contribution < -0.4 is 5.32 Å². The van der Waals surface area contributed by atoms with Crippen molar-refractivity contribution in [3.63, 3.8) is 0 Å². The summed E-state index contributed by atoms with van der Waals surface area (Å²) in [6.07, 6.45) is 5.38. The molecule has 1 amide bonds. The average Bonchev–Trinajstić information content (AvgIpc) is 2.04. The Labute approximate surface area is 81.4 Å². The predicted molar refractivity (Wildman–Crippen MR) is 56.5 cm³/mol. The van der Waals surface area contributed by atoms with Crippen LogP contribution >= 0.6 is 0 Å². The number of hydrogen-bond donors (Lipinski definition) is 1. The van der Waals surface area contributed by atoms with E-state index in [2.05, 4.69) is 25.7 Å². The van der Waals surface area contributed by atoms with Crippen LogP contribution in [0.25, 0.3) is 0 Å². The molecule has 0 rings (SSSR count). The van der Waals surface area contributed by atoms with Crippen LogP contribution in [-0.4, -0.2) is 12.5 Å². The van der Waals surface area contributed by atoms with Crippen LogP contribution in [0.15, 0.2) is 12.7 Å². The quantitative estimate of drug-likeness (QED) is 0.477. The maximum Gasteiger partial charge on any atom is 0.220 e. The van der Waals surface area contributed by atoms with E-state index in [1.54, 1.807) is 0 Å². The smallest absolute Gasteiger partial charge is 0.220 e. The van der Waals surface area contributed by atoms with E-state index in [0.29, 0.717) is 12.3 Å². The van der Waals surface area contributed by atoms with Gasteiger partial charge in [0.15, 0.2) is 0 Å². The maximum absolute atomic E-state index is 11.2. The van der Waals surface area contributed by atoms with Crippen molar-refractivity contribution in [2.75, 3.05) is 6.54 Å². The lowest BCUT2D eigenvalue weighted by Gasteiger charge is -2.06. The van der Waals surface area contributed by atoms with E-state index < -0.39 is 0 Å². The lowest BCUT2D eigenvalue weighted by molar-refractivity contribution is -0.121. The number of allylic oxidation sites excluding steroid dienone is 1. The molecule has 0 radical (unpaired) electrons. The minimum atomic E-state index is 0.169. The third-order valence-corrected chi connectivity index (χ3v) is 1.86. The largest absolute Gasteiger partial charge is 0.356 e. The molecule has 0 aliphatic carbocycles. The van der Waals surface area contributed by atoms with Crippen molar-refractivity contribution in [3.8, 4) is 0 Å². The second kappa shape index (κ2) is 7.84. The number of carbonyl (C=O) groups is 1. The number of carbonyl (C=O) groups excluding carboxylic acids is 1. The van der Waals surface area contributed by atoms with Crippen LogP contribution in [0.4, 0.5) is 0 Å². The van der Waals surface area contributed by atoms with Crippen molar-refractivity contribution >= 4 is 5.91 Å². The van der Waals surface area contributed by atoms with Crippen LogP contribution in [0.2, 0.25) is 0 Å². The van der Waals surface area contributed by atoms with Gasteiger partial charge in [0.25, 0.3) is 0 Å². The van der Waals surface area contributed by atoms with E-state index >= 15 is 0 Å². The highest BCUT2D eigenvalue weighted by Crippen LogP contribution is 1.98. The normalized spacial score (nSPS) is 10.1. The molecule has 0 aromatic carbocycles. The first-order chi connectivity index (χ1) is 6.16. The van der Waals surface area contributed by atoms with E-state index in [0.717, 1.165) is 25.8 Å². The Kier molecular flexibility index (Phi) is 7.36. The molecule has 0 aromatic rings. The number of nitrogens with one attached hydrogen (secondary N) is 1. The molecule has 0 aliphatic rings. The zero-order valence-corrected chi connectivity index (χ0v) is 8.81. The zero-order valence-electron chi connectivity index (χ0n) is 8.81. The van der Waals surface area contributed by atoms with Gasteiger partial charge in [-0.3, -0.25) is 4.79 Å². The molecule has 0 atom stereocenters. The highest BCUT2D eigenvalue weighted by molar-refractivity contribution is 5.75. The molecule has 2 heteroatoms. The summed E-state index contributed by atoms with van der Waals surface area (Å²) in [6.45, 7) is 8.73. The highest BCUT2D eigenvalue weighted by Gasteiger charge is 1.99. The molecule has 2 nitrogen and oxygen atoms in total. The fourth-order valence-corrected chi connectivity index (χ4v) is 0.996. The van der Waals surface area contributed by atoms with Crippen molar-refractivity contribution in [2.45, 2.75) is 39.5 Å². The summed E-state index contributed by atoms with van der Waals surface area (Å²) >= 11 is 0. The van der Waals surface area contributed by atoms with Crippen molar-refractivity contribution in [1.82, 2.24) is 5.32 Å². The lowest BCUT2D eigenvalue weighted by atomic mass is 10.1. The molecule has 0 aromatic heterocycles. The zero-order chi connectivity index (χ0) is 10.1. The molecule has 0 saturated heterocycles. The molecule has 76 valence electrons. The Morgan fingerprint density at radius 2 is 2.23 bits per heavy atom. The number of amides is 1. The van der Waals surface area contributed by atoms with E-state index in [9.17, 15) is 4.79 Å². The van der Waals surface area contributed by atoms with Crippen molar-refractivity contribution in [3.05, 3.63) is 12.7 Å². The summed E-state index contributed by atoms with van der Waals surface area (Å²) in [5.74, 6) is 0.830. The van der Waals surface area contributed by atoms with Gasteiger partial charge < -0.3 is 5.32 Å². The van der Waals surface area contributed by atoms with E-state index in [-0.39, 0.29) is 5.91 Å². The lowest BCUT2D eigenvalue weighted by Crippen LogP contribution is -2.24. The fraction of sp³-hybridized carbons (Fsp3) is 0.727. The van der Waals surface area contributed by atoms with Crippen LogP contribution in [0, 0.1) is 5.92 Å². The maximum atomic E-state index is 11.2. The molecule has 0 spiro atoms. The summed E-state index contributed by atoms with van der Waals surface area (Å²) in [5, 5.41) is 2.90. The Morgan fingerprint density at radius 1 is 1.54 bits per heavy atom. The Hall–Kier alpha value is -0.790. The minimum absolute atomic E-state index is 0.169. The first-order valence-electron chi connectivity index (χ1n) is 5.04. The van der Waals surface area contributed by atoms with Gasteiger partial charge in [-0.2, -0.15) is 0 Å². The first-order valence-corrected chi connectivity index (χ1v) is 5.04. The molecular formula is C11H21NO. The van der Waals surface area contributed by atoms with Crippen molar-refractivity contribution in [1.29, 1.82) is 0 Å². The third-order valence-electron chi connectivity index (χ3n) is 1.86. The Morgan fingerprint density at radius 3 is 2.77 bits per heavy atom. The van der Waals surface area contributed by atoms with Gasteiger partial charge in [0.1, 0.15) is 0 Å². The van der Waals surface area contributed by atoms with Crippen LogP contribution in [0.1, 0.15) is 39.5 Å². The summed E-state index contributed by atoms with van der Waals surface area (Å²) < 4.78 is 0. The predicted octanol–water partition coefficient (Wildman–Crippen LogP) is 2.51. The molecule has 1 N–H and O–H groups in total. The van der Waals surface area contributed by atoms with Gasteiger partial charge in [-0.25, -0.2) is 0 Å². The minimum Gasteiger partial charge on any atom is -0.356 e. The van der Waals surface area contributed by atoms with Crippen LogP contribution in [-0.2, 0) is 4.79 Å². The fourth-order valence-electron chi connectivity index (χ4n) is 0.996. The van der Waals surface area contributed by atoms with Crippen LogP contribution in [0.5, 0.6) is 0 Å². The topological polar surface area (TPSA) is 29.1 Å². The van der Waals surface area contributed by atoms with Gasteiger partial charge in [0.2, 0.25) is 5.91 Å². The van der Waals surface area contributed by atoms with Gasteiger partial charge in [0, 0.05) is 13.0 Å². The van der Waals surface area contributed by atoms with Gasteiger partial charge in [-0.05, 0) is 25.2 Å². The molecule has 0 bridgehead atoms. The Balaban J connectivity index is 3.25. The summed E-state index contributed by atoms with van der Waals surface area (Å²) in [5.41, 5.74) is 0. The van der Waals surface area contributed by atoms with E-state index in [4.69, 9.17) is 0 Å². The monoisotopic (exact) mass is 183 g/mol. The van der Waals surface area contributed by atoms with E-state index in [1.807, 2.05) is 6.08 Å². The summed E-state index contributed by atoms with van der Waals surface area (Å²) in [6, 6.07) is 0. The SMILES string of the molecule is C=CCCCC(=O)NCCC(C)C. The second-order valence-electron chi connectivity index (χ2n) is 3.71. The number of unbranched alkanes of at least 4 members (excludes halogenated alkanes) is 1. The molecule has 0 aliphatic heterocycles. The van der Waals surface area contributed by atoms with Crippen molar-refractivity contribution < 1.29 is 4.79 Å². The van der Waals surface area contributed by atoms with Gasteiger partial charge in [-0.15, -0.1) is 6.58 Å². The third kappa shape index (κ3) is 9.12. The molecule has 0 saturated carbocycles. The summed E-state index contributed by atoms with van der Waals surface area (Å²) in [7, 11) is 0. The molecule has 13 heavy (non-hydrogen) atoms. The van der Waals surface area contributed by atoms with Crippen molar-refractivity contribution in [2.24, 2.45) is 5.92 Å². The molecule has 0 fully saturated rings. The second-order valence-corrected chi connectivity index (χ2v) is 3.71. The molecule has 0 unspecified atom stereocenters. The van der Waals surface area contributed by atoms with Gasteiger partial charge in [0.05, 0.1) is 0 Å². The standard InChI is InChI=1S/C11H21NO/c1-4-5-6-7-11(13)12-9-8-10(2)3/h4,10H,1,5-9H2,2-3H3,(H,12,13). The summed E-state index contributed by atoms with van der Waals surface area (Å²) in [4.78, 5) is 11.2. The van der Waals surface area contributed by atoms with Gasteiger partial charge in [-0.1, -0.05) is 19.9 Å². The van der Waals surface area contributed by atoms with Gasteiger partial charge >= 0.3 is 0 Å². The Bertz CT molecular complexity index is 152. The average molecular weight is 183 g/mol.